The first kappa shape index (κ1) is 16.5. The highest BCUT2D eigenvalue weighted by Crippen LogP contribution is 2.32. The third-order valence-corrected chi connectivity index (χ3v) is 5.58. The van der Waals surface area contributed by atoms with Crippen LogP contribution in [0.4, 0.5) is 5.82 Å². The van der Waals surface area contributed by atoms with E-state index in [1.54, 1.807) is 6.20 Å². The largest absolute Gasteiger partial charge is 0.396 e. The molecule has 0 radical (unpaired) electrons. The first-order chi connectivity index (χ1) is 12.3. The molecule has 0 spiro atoms. The second-order valence-corrected chi connectivity index (χ2v) is 7.29. The SMILES string of the molecule is OCCC1CCC(Nc2nc(-c3cccnc3)nc3c2CCC3)CC1. The Hall–Kier alpha value is -2.01. The Morgan fingerprint density at radius 2 is 2.00 bits per heavy atom. The Kier molecular flexibility index (Phi) is 4.92. The van der Waals surface area contributed by atoms with Crippen molar-refractivity contribution in [1.29, 1.82) is 0 Å². The van der Waals surface area contributed by atoms with Gasteiger partial charge in [0.15, 0.2) is 5.82 Å². The van der Waals surface area contributed by atoms with Crippen molar-refractivity contribution >= 4 is 5.82 Å². The summed E-state index contributed by atoms with van der Waals surface area (Å²) in [5, 5.41) is 12.8. The molecule has 0 aliphatic heterocycles. The number of pyridine rings is 1. The lowest BCUT2D eigenvalue weighted by Gasteiger charge is -2.29. The summed E-state index contributed by atoms with van der Waals surface area (Å²) >= 11 is 0. The van der Waals surface area contributed by atoms with Gasteiger partial charge in [-0.3, -0.25) is 4.98 Å². The fourth-order valence-electron chi connectivity index (χ4n) is 4.15. The summed E-state index contributed by atoms with van der Waals surface area (Å²) in [6, 6.07) is 4.44. The number of fused-ring (bicyclic) bond motifs is 1. The molecule has 132 valence electrons. The molecular weight excluding hydrogens is 312 g/mol. The van der Waals surface area contributed by atoms with E-state index in [4.69, 9.17) is 15.1 Å². The van der Waals surface area contributed by atoms with Crippen LogP contribution in [0.25, 0.3) is 11.4 Å². The number of rotatable bonds is 5. The van der Waals surface area contributed by atoms with E-state index in [1.807, 2.05) is 18.3 Å². The zero-order chi connectivity index (χ0) is 17.1. The molecule has 2 aliphatic rings. The van der Waals surface area contributed by atoms with E-state index in [0.29, 0.717) is 18.6 Å². The van der Waals surface area contributed by atoms with Crippen LogP contribution in [0.1, 0.15) is 49.8 Å². The summed E-state index contributed by atoms with van der Waals surface area (Å²) in [7, 11) is 0. The Bertz CT molecular complexity index is 711. The van der Waals surface area contributed by atoms with Gasteiger partial charge in [0, 0.05) is 41.9 Å². The van der Waals surface area contributed by atoms with Gasteiger partial charge in [-0.1, -0.05) is 0 Å². The van der Waals surface area contributed by atoms with Crippen molar-refractivity contribution < 1.29 is 5.11 Å². The lowest BCUT2D eigenvalue weighted by Crippen LogP contribution is -2.27. The highest BCUT2D eigenvalue weighted by atomic mass is 16.3. The topological polar surface area (TPSA) is 70.9 Å². The number of aliphatic hydroxyl groups is 1. The Morgan fingerprint density at radius 1 is 1.12 bits per heavy atom. The molecule has 0 aromatic carbocycles. The summed E-state index contributed by atoms with van der Waals surface area (Å²) in [4.78, 5) is 13.9. The molecule has 4 rings (SSSR count). The van der Waals surface area contributed by atoms with E-state index < -0.39 is 0 Å². The highest BCUT2D eigenvalue weighted by molar-refractivity contribution is 5.60. The van der Waals surface area contributed by atoms with E-state index in [0.717, 1.165) is 49.3 Å². The van der Waals surface area contributed by atoms with Crippen molar-refractivity contribution in [3.8, 4) is 11.4 Å². The van der Waals surface area contributed by atoms with Gasteiger partial charge >= 0.3 is 0 Å². The Balaban J connectivity index is 1.54. The number of hydrogen-bond donors (Lipinski definition) is 2. The standard InChI is InChI=1S/C20H26N4O/c25-12-10-14-6-8-16(9-7-14)22-20-17-4-1-5-18(17)23-19(24-20)15-3-2-11-21-13-15/h2-3,11,13-14,16,25H,1,4-10,12H2,(H,22,23,24). The average Bonchev–Trinajstić information content (AvgIpc) is 3.13. The van der Waals surface area contributed by atoms with E-state index >= 15 is 0 Å². The maximum atomic E-state index is 9.13. The van der Waals surface area contributed by atoms with Gasteiger partial charge < -0.3 is 10.4 Å². The normalized spacial score (nSPS) is 22.6. The quantitative estimate of drug-likeness (QED) is 0.874. The van der Waals surface area contributed by atoms with Crippen molar-refractivity contribution in [2.75, 3.05) is 11.9 Å². The summed E-state index contributed by atoms with van der Waals surface area (Å²) in [5.41, 5.74) is 3.49. The zero-order valence-electron chi connectivity index (χ0n) is 14.6. The summed E-state index contributed by atoms with van der Waals surface area (Å²) < 4.78 is 0. The molecule has 0 bridgehead atoms. The van der Waals surface area contributed by atoms with Crippen molar-refractivity contribution in [3.63, 3.8) is 0 Å². The molecular formula is C20H26N4O. The lowest BCUT2D eigenvalue weighted by molar-refractivity contribution is 0.225. The first-order valence-electron chi connectivity index (χ1n) is 9.51. The van der Waals surface area contributed by atoms with Crippen LogP contribution >= 0.6 is 0 Å². The number of hydrogen-bond acceptors (Lipinski definition) is 5. The molecule has 2 N–H and O–H groups in total. The number of nitrogens with zero attached hydrogens (tertiary/aromatic N) is 3. The third-order valence-electron chi connectivity index (χ3n) is 5.58. The van der Waals surface area contributed by atoms with Gasteiger partial charge in [-0.05, 0) is 69.4 Å². The molecule has 2 aliphatic carbocycles. The van der Waals surface area contributed by atoms with Crippen molar-refractivity contribution in [1.82, 2.24) is 15.0 Å². The smallest absolute Gasteiger partial charge is 0.163 e. The number of anilines is 1. The zero-order valence-corrected chi connectivity index (χ0v) is 14.6. The van der Waals surface area contributed by atoms with Gasteiger partial charge in [0.25, 0.3) is 0 Å². The summed E-state index contributed by atoms with van der Waals surface area (Å²) in [6.07, 6.45) is 12.5. The van der Waals surface area contributed by atoms with Crippen LogP contribution in [0.5, 0.6) is 0 Å². The second-order valence-electron chi connectivity index (χ2n) is 7.29. The predicted octanol–water partition coefficient (Wildman–Crippen LogP) is 3.38. The molecule has 1 fully saturated rings. The van der Waals surface area contributed by atoms with E-state index in [9.17, 15) is 0 Å². The molecule has 25 heavy (non-hydrogen) atoms. The summed E-state index contributed by atoms with van der Waals surface area (Å²) in [5.74, 6) is 2.50. The lowest BCUT2D eigenvalue weighted by atomic mass is 9.84. The highest BCUT2D eigenvalue weighted by Gasteiger charge is 2.25. The minimum atomic E-state index is 0.316. The molecule has 5 heteroatoms. The molecule has 5 nitrogen and oxygen atoms in total. The van der Waals surface area contributed by atoms with Crippen LogP contribution in [-0.4, -0.2) is 32.7 Å². The maximum absolute atomic E-state index is 9.13. The molecule has 0 unspecified atom stereocenters. The minimum absolute atomic E-state index is 0.316. The van der Waals surface area contributed by atoms with Gasteiger partial charge in [0.1, 0.15) is 5.82 Å². The van der Waals surface area contributed by atoms with Gasteiger partial charge in [0.2, 0.25) is 0 Å². The fraction of sp³-hybridized carbons (Fsp3) is 0.550. The van der Waals surface area contributed by atoms with E-state index in [-0.39, 0.29) is 0 Å². The molecule has 1 saturated carbocycles. The van der Waals surface area contributed by atoms with Crippen molar-refractivity contribution in [2.45, 2.75) is 57.4 Å². The van der Waals surface area contributed by atoms with Crippen LogP contribution in [0.2, 0.25) is 0 Å². The number of aliphatic hydroxyl groups excluding tert-OH is 1. The monoisotopic (exact) mass is 338 g/mol. The third kappa shape index (κ3) is 3.66. The number of nitrogens with one attached hydrogen (secondary N) is 1. The van der Waals surface area contributed by atoms with E-state index in [1.165, 1.54) is 30.5 Å². The molecule has 2 heterocycles. The van der Waals surface area contributed by atoms with Crippen LogP contribution in [-0.2, 0) is 12.8 Å². The maximum Gasteiger partial charge on any atom is 0.163 e. The van der Waals surface area contributed by atoms with Gasteiger partial charge in [0.05, 0.1) is 0 Å². The van der Waals surface area contributed by atoms with E-state index in [2.05, 4.69) is 10.3 Å². The van der Waals surface area contributed by atoms with Crippen LogP contribution in [0, 0.1) is 5.92 Å². The first-order valence-corrected chi connectivity index (χ1v) is 9.51. The Labute approximate surface area is 148 Å². The van der Waals surface area contributed by atoms with Crippen LogP contribution < -0.4 is 5.32 Å². The van der Waals surface area contributed by atoms with Gasteiger partial charge in [-0.25, -0.2) is 9.97 Å². The molecule has 0 amide bonds. The predicted molar refractivity (Wildman–Crippen MR) is 98.4 cm³/mol. The van der Waals surface area contributed by atoms with Gasteiger partial charge in [-0.2, -0.15) is 0 Å². The number of aromatic nitrogens is 3. The van der Waals surface area contributed by atoms with Gasteiger partial charge in [-0.15, -0.1) is 0 Å². The van der Waals surface area contributed by atoms with Crippen LogP contribution in [0.15, 0.2) is 24.5 Å². The van der Waals surface area contributed by atoms with Crippen LogP contribution in [0.3, 0.4) is 0 Å². The second kappa shape index (κ2) is 7.48. The fourth-order valence-corrected chi connectivity index (χ4v) is 4.15. The average molecular weight is 338 g/mol. The molecule has 0 atom stereocenters. The minimum Gasteiger partial charge on any atom is -0.396 e. The Morgan fingerprint density at radius 3 is 2.76 bits per heavy atom. The van der Waals surface area contributed by atoms with Crippen molar-refractivity contribution in [2.24, 2.45) is 5.92 Å². The molecule has 0 saturated heterocycles. The molecule has 2 aromatic rings. The molecule has 2 aromatic heterocycles. The van der Waals surface area contributed by atoms with Crippen molar-refractivity contribution in [3.05, 3.63) is 35.8 Å². The summed E-state index contributed by atoms with van der Waals surface area (Å²) in [6.45, 7) is 0.316. The number of aryl methyl sites for hydroxylation is 1.